The summed E-state index contributed by atoms with van der Waals surface area (Å²) in [6.45, 7) is 1.02. The molecule has 0 aliphatic rings. The fraction of sp³-hybridized carbons (Fsp3) is 0.300. The number of ketones is 1. The average Bonchev–Trinajstić information content (AvgIpc) is 2.56. The summed E-state index contributed by atoms with van der Waals surface area (Å²) in [5.41, 5.74) is 1.06. The van der Waals surface area contributed by atoms with E-state index in [0.29, 0.717) is 16.9 Å². The fourth-order valence-electron chi connectivity index (χ4n) is 1.08. The van der Waals surface area contributed by atoms with Gasteiger partial charge in [-0.05, 0) is 19.1 Å². The van der Waals surface area contributed by atoms with E-state index in [1.165, 1.54) is 25.3 Å². The third kappa shape index (κ3) is 2.31. The molecule has 0 bridgehead atoms. The van der Waals surface area contributed by atoms with Crippen LogP contribution in [0.1, 0.15) is 23.8 Å². The van der Waals surface area contributed by atoms with Crippen molar-refractivity contribution in [2.24, 2.45) is 0 Å². The number of rotatable bonds is 4. The van der Waals surface area contributed by atoms with Crippen molar-refractivity contribution in [3.05, 3.63) is 29.2 Å². The number of furan rings is 1. The number of aliphatic hydroxyl groups is 2. The highest BCUT2D eigenvalue weighted by Crippen LogP contribution is 2.18. The first kappa shape index (κ1) is 10.7. The van der Waals surface area contributed by atoms with Gasteiger partial charge in [-0.25, -0.2) is 0 Å². The molecule has 0 aromatic carbocycles. The zero-order chi connectivity index (χ0) is 10.6. The Bertz CT molecular complexity index is 349. The van der Waals surface area contributed by atoms with Crippen LogP contribution in [0.4, 0.5) is 0 Å². The maximum Gasteiger partial charge on any atom is 0.152 e. The maximum absolute atomic E-state index is 10.7. The van der Waals surface area contributed by atoms with Gasteiger partial charge in [-0.1, -0.05) is 0 Å². The molecule has 14 heavy (non-hydrogen) atoms. The molecular formula is C10H12O4. The number of carbonyl (C=O) groups excluding carboxylic acids is 1. The molecule has 4 heteroatoms. The van der Waals surface area contributed by atoms with Crippen molar-refractivity contribution in [2.45, 2.75) is 20.1 Å². The molecule has 0 saturated carbocycles. The van der Waals surface area contributed by atoms with Gasteiger partial charge in [0.25, 0.3) is 0 Å². The van der Waals surface area contributed by atoms with Crippen LogP contribution in [0.25, 0.3) is 6.08 Å². The minimum Gasteiger partial charge on any atom is -0.464 e. The van der Waals surface area contributed by atoms with Crippen molar-refractivity contribution in [3.8, 4) is 0 Å². The fourth-order valence-corrected chi connectivity index (χ4v) is 1.08. The normalized spacial score (nSPS) is 11.1. The summed E-state index contributed by atoms with van der Waals surface area (Å²) in [5.74, 6) is 0.308. The van der Waals surface area contributed by atoms with E-state index in [2.05, 4.69) is 0 Å². The first-order valence-electron chi connectivity index (χ1n) is 4.18. The second-order valence-corrected chi connectivity index (χ2v) is 2.86. The average molecular weight is 196 g/mol. The van der Waals surface area contributed by atoms with E-state index in [1.807, 2.05) is 0 Å². The summed E-state index contributed by atoms with van der Waals surface area (Å²) in [5, 5.41) is 17.9. The van der Waals surface area contributed by atoms with Crippen LogP contribution in [-0.2, 0) is 18.0 Å². The van der Waals surface area contributed by atoms with E-state index in [9.17, 15) is 4.79 Å². The summed E-state index contributed by atoms with van der Waals surface area (Å²) in [7, 11) is 0. The quantitative estimate of drug-likeness (QED) is 0.701. The van der Waals surface area contributed by atoms with Crippen molar-refractivity contribution in [3.63, 3.8) is 0 Å². The van der Waals surface area contributed by atoms with Gasteiger partial charge < -0.3 is 14.6 Å². The summed E-state index contributed by atoms with van der Waals surface area (Å²) in [6.07, 6.45) is 4.19. The molecular weight excluding hydrogens is 184 g/mol. The van der Waals surface area contributed by atoms with E-state index in [0.717, 1.165) is 0 Å². The molecule has 0 aliphatic carbocycles. The van der Waals surface area contributed by atoms with Crippen LogP contribution in [0.3, 0.4) is 0 Å². The minimum absolute atomic E-state index is 0.101. The Morgan fingerprint density at radius 2 is 2.21 bits per heavy atom. The molecule has 0 unspecified atom stereocenters. The van der Waals surface area contributed by atoms with Crippen molar-refractivity contribution in [2.75, 3.05) is 0 Å². The second kappa shape index (κ2) is 4.74. The van der Waals surface area contributed by atoms with Gasteiger partial charge in [-0.15, -0.1) is 0 Å². The Morgan fingerprint density at radius 1 is 1.50 bits per heavy atom. The van der Waals surface area contributed by atoms with Gasteiger partial charge in [0.1, 0.15) is 5.76 Å². The van der Waals surface area contributed by atoms with E-state index in [-0.39, 0.29) is 19.0 Å². The summed E-state index contributed by atoms with van der Waals surface area (Å²) in [4.78, 5) is 10.7. The molecule has 0 fully saturated rings. The molecule has 1 aromatic heterocycles. The summed E-state index contributed by atoms with van der Waals surface area (Å²) in [6, 6.07) is 0. The van der Waals surface area contributed by atoms with Gasteiger partial charge in [0.15, 0.2) is 5.78 Å². The molecule has 0 atom stereocenters. The molecule has 0 saturated heterocycles. The predicted octanol–water partition coefficient (Wildman–Crippen LogP) is 0.866. The Labute approximate surface area is 81.5 Å². The third-order valence-corrected chi connectivity index (χ3v) is 1.81. The summed E-state index contributed by atoms with van der Waals surface area (Å²) >= 11 is 0. The van der Waals surface area contributed by atoms with Crippen LogP contribution in [-0.4, -0.2) is 16.0 Å². The number of allylic oxidation sites excluding steroid dienone is 1. The third-order valence-electron chi connectivity index (χ3n) is 1.81. The smallest absolute Gasteiger partial charge is 0.152 e. The summed E-state index contributed by atoms with van der Waals surface area (Å²) < 4.78 is 5.07. The van der Waals surface area contributed by atoms with E-state index in [4.69, 9.17) is 14.6 Å². The SMILES string of the molecule is CC(=O)C=Cc1occ(CO)c1CO. The predicted molar refractivity (Wildman–Crippen MR) is 50.3 cm³/mol. The largest absolute Gasteiger partial charge is 0.464 e. The standard InChI is InChI=1S/C10H12O4/c1-7(13)2-3-10-9(5-12)8(4-11)6-14-10/h2-3,6,11-12H,4-5H2,1H3. The van der Waals surface area contributed by atoms with E-state index < -0.39 is 0 Å². The van der Waals surface area contributed by atoms with Crippen LogP contribution in [0, 0.1) is 0 Å². The van der Waals surface area contributed by atoms with Crippen LogP contribution in [0.15, 0.2) is 16.8 Å². The highest BCUT2D eigenvalue weighted by molar-refractivity contribution is 5.91. The molecule has 0 amide bonds. The van der Waals surface area contributed by atoms with Gasteiger partial charge >= 0.3 is 0 Å². The van der Waals surface area contributed by atoms with Crippen LogP contribution >= 0.6 is 0 Å². The lowest BCUT2D eigenvalue weighted by atomic mass is 10.1. The zero-order valence-corrected chi connectivity index (χ0v) is 7.86. The zero-order valence-electron chi connectivity index (χ0n) is 7.86. The lowest BCUT2D eigenvalue weighted by molar-refractivity contribution is -0.112. The molecule has 2 N–H and O–H groups in total. The lowest BCUT2D eigenvalue weighted by Crippen LogP contribution is -1.90. The van der Waals surface area contributed by atoms with Gasteiger partial charge in [0.05, 0.1) is 19.5 Å². The molecule has 1 heterocycles. The van der Waals surface area contributed by atoms with Crippen LogP contribution < -0.4 is 0 Å². The first-order valence-corrected chi connectivity index (χ1v) is 4.18. The van der Waals surface area contributed by atoms with Crippen molar-refractivity contribution in [1.82, 2.24) is 0 Å². The van der Waals surface area contributed by atoms with Crippen molar-refractivity contribution in [1.29, 1.82) is 0 Å². The lowest BCUT2D eigenvalue weighted by Gasteiger charge is -1.95. The van der Waals surface area contributed by atoms with Crippen LogP contribution in [0.2, 0.25) is 0 Å². The van der Waals surface area contributed by atoms with E-state index >= 15 is 0 Å². The number of hydrogen-bond acceptors (Lipinski definition) is 4. The second-order valence-electron chi connectivity index (χ2n) is 2.86. The van der Waals surface area contributed by atoms with Gasteiger partial charge in [0.2, 0.25) is 0 Å². The Morgan fingerprint density at radius 3 is 2.71 bits per heavy atom. The van der Waals surface area contributed by atoms with E-state index in [1.54, 1.807) is 0 Å². The monoisotopic (exact) mass is 196 g/mol. The topological polar surface area (TPSA) is 70.7 Å². The molecule has 76 valence electrons. The molecule has 0 aliphatic heterocycles. The first-order chi connectivity index (χ1) is 6.69. The maximum atomic E-state index is 10.7. The highest BCUT2D eigenvalue weighted by Gasteiger charge is 2.09. The molecule has 4 nitrogen and oxygen atoms in total. The number of hydrogen-bond donors (Lipinski definition) is 2. The molecule has 1 rings (SSSR count). The Hall–Kier alpha value is -1.39. The molecule has 1 aromatic rings. The highest BCUT2D eigenvalue weighted by atomic mass is 16.3. The van der Waals surface area contributed by atoms with Crippen molar-refractivity contribution < 1.29 is 19.4 Å². The Kier molecular flexibility index (Phi) is 3.62. The Balaban J connectivity index is 2.97. The van der Waals surface area contributed by atoms with Gasteiger partial charge in [-0.3, -0.25) is 4.79 Å². The minimum atomic E-state index is -0.218. The number of aliphatic hydroxyl groups excluding tert-OH is 2. The number of carbonyl (C=O) groups is 1. The van der Waals surface area contributed by atoms with Gasteiger partial charge in [0, 0.05) is 11.1 Å². The van der Waals surface area contributed by atoms with Crippen LogP contribution in [0.5, 0.6) is 0 Å². The van der Waals surface area contributed by atoms with Gasteiger partial charge in [-0.2, -0.15) is 0 Å². The molecule has 0 spiro atoms. The molecule has 0 radical (unpaired) electrons. The van der Waals surface area contributed by atoms with Crippen molar-refractivity contribution >= 4 is 11.9 Å².